The second-order valence-corrected chi connectivity index (χ2v) is 5.76. The van der Waals surface area contributed by atoms with E-state index in [-0.39, 0.29) is 5.91 Å². The van der Waals surface area contributed by atoms with Crippen LogP contribution in [0.25, 0.3) is 0 Å². The number of primary amides is 1. The quantitative estimate of drug-likeness (QED) is 0.856. The van der Waals surface area contributed by atoms with Crippen molar-refractivity contribution in [1.29, 1.82) is 0 Å². The molecular formula is C12H18N4O2S. The number of aromatic nitrogens is 1. The zero-order chi connectivity index (χ0) is 14.0. The highest BCUT2D eigenvalue weighted by Crippen LogP contribution is 2.17. The third-order valence-corrected chi connectivity index (χ3v) is 4.14. The lowest BCUT2D eigenvalue weighted by molar-refractivity contribution is -0.124. The predicted octanol–water partition coefficient (Wildman–Crippen LogP) is 0.163. The van der Waals surface area contributed by atoms with Gasteiger partial charge in [0.15, 0.2) is 0 Å². The fourth-order valence-corrected chi connectivity index (χ4v) is 2.80. The van der Waals surface area contributed by atoms with Gasteiger partial charge in [0.25, 0.3) is 5.91 Å². The molecular weight excluding hydrogens is 264 g/mol. The van der Waals surface area contributed by atoms with Crippen LogP contribution >= 0.6 is 11.3 Å². The van der Waals surface area contributed by atoms with E-state index in [2.05, 4.69) is 23.7 Å². The van der Waals surface area contributed by atoms with Crippen molar-refractivity contribution in [3.63, 3.8) is 0 Å². The number of nitrogens with zero attached hydrogens (tertiary/aromatic N) is 3. The summed E-state index contributed by atoms with van der Waals surface area (Å²) in [7, 11) is 0. The molecule has 0 saturated carbocycles. The molecule has 1 saturated heterocycles. The van der Waals surface area contributed by atoms with Crippen LogP contribution in [0.5, 0.6) is 0 Å². The van der Waals surface area contributed by atoms with Crippen LogP contribution in [-0.4, -0.2) is 58.3 Å². The maximum atomic E-state index is 12.3. The molecule has 1 aromatic rings. The topological polar surface area (TPSA) is 79.5 Å². The Balaban J connectivity index is 2.16. The van der Waals surface area contributed by atoms with E-state index in [0.29, 0.717) is 24.0 Å². The number of piperazine rings is 1. The van der Waals surface area contributed by atoms with Gasteiger partial charge in [-0.2, -0.15) is 0 Å². The molecule has 104 valence electrons. The molecule has 0 aliphatic carbocycles. The van der Waals surface area contributed by atoms with Gasteiger partial charge >= 0.3 is 0 Å². The molecule has 1 fully saturated rings. The maximum Gasteiger partial charge on any atom is 0.266 e. The molecule has 1 aliphatic heterocycles. The molecule has 19 heavy (non-hydrogen) atoms. The summed E-state index contributed by atoms with van der Waals surface area (Å²) in [6, 6.07) is -0.228. The molecule has 1 aliphatic rings. The molecule has 6 nitrogen and oxygen atoms in total. The van der Waals surface area contributed by atoms with Crippen molar-refractivity contribution in [2.45, 2.75) is 25.9 Å². The van der Waals surface area contributed by atoms with Crippen LogP contribution in [0.15, 0.2) is 11.7 Å². The molecule has 7 heteroatoms. The maximum absolute atomic E-state index is 12.3. The van der Waals surface area contributed by atoms with E-state index in [1.54, 1.807) is 10.4 Å². The van der Waals surface area contributed by atoms with E-state index in [0.717, 1.165) is 6.54 Å². The van der Waals surface area contributed by atoms with E-state index in [1.165, 1.54) is 17.5 Å². The number of carbonyl (C=O) groups is 2. The number of carbonyl (C=O) groups excluding carboxylic acids is 2. The van der Waals surface area contributed by atoms with Crippen LogP contribution in [0.4, 0.5) is 0 Å². The highest BCUT2D eigenvalue weighted by Gasteiger charge is 2.35. The summed E-state index contributed by atoms with van der Waals surface area (Å²) in [4.78, 5) is 32.1. The molecule has 0 unspecified atom stereocenters. The fourth-order valence-electron chi connectivity index (χ4n) is 2.22. The van der Waals surface area contributed by atoms with Crippen molar-refractivity contribution >= 4 is 23.2 Å². The number of nitrogens with two attached hydrogens (primary N) is 1. The number of rotatable bonds is 3. The van der Waals surface area contributed by atoms with Gasteiger partial charge in [0.1, 0.15) is 10.9 Å². The summed E-state index contributed by atoms with van der Waals surface area (Å²) in [5.41, 5.74) is 7.05. The molecule has 1 atom stereocenters. The minimum Gasteiger partial charge on any atom is -0.368 e. The first-order valence-corrected chi connectivity index (χ1v) is 7.11. The van der Waals surface area contributed by atoms with Gasteiger partial charge in [-0.05, 0) is 13.8 Å². The summed E-state index contributed by atoms with van der Waals surface area (Å²) < 4.78 is 0. The molecule has 0 spiro atoms. The SMILES string of the molecule is CC(C)N1CCN(C(=O)c2cncs2)[C@H](C(N)=O)C1. The lowest BCUT2D eigenvalue weighted by Gasteiger charge is -2.41. The molecule has 0 aromatic carbocycles. The summed E-state index contributed by atoms with van der Waals surface area (Å²) in [6.07, 6.45) is 1.53. The molecule has 2 rings (SSSR count). The van der Waals surface area contributed by atoms with E-state index in [9.17, 15) is 9.59 Å². The second kappa shape index (κ2) is 5.66. The van der Waals surface area contributed by atoms with Gasteiger partial charge in [0.2, 0.25) is 5.91 Å². The first kappa shape index (κ1) is 14.0. The predicted molar refractivity (Wildman–Crippen MR) is 72.8 cm³/mol. The molecule has 2 N–H and O–H groups in total. The van der Waals surface area contributed by atoms with Crippen LogP contribution in [0, 0.1) is 0 Å². The van der Waals surface area contributed by atoms with E-state index < -0.39 is 11.9 Å². The number of hydrogen-bond acceptors (Lipinski definition) is 5. The zero-order valence-electron chi connectivity index (χ0n) is 11.1. The van der Waals surface area contributed by atoms with Crippen LogP contribution in [-0.2, 0) is 4.79 Å². The van der Waals surface area contributed by atoms with Crippen molar-refractivity contribution in [2.75, 3.05) is 19.6 Å². The highest BCUT2D eigenvalue weighted by molar-refractivity contribution is 7.11. The average Bonchev–Trinajstić information content (AvgIpc) is 2.90. The van der Waals surface area contributed by atoms with Gasteiger partial charge in [-0.1, -0.05) is 0 Å². The van der Waals surface area contributed by atoms with E-state index in [1.807, 2.05) is 0 Å². The van der Waals surface area contributed by atoms with Crippen molar-refractivity contribution in [3.8, 4) is 0 Å². The van der Waals surface area contributed by atoms with Crippen LogP contribution in [0.2, 0.25) is 0 Å². The lowest BCUT2D eigenvalue weighted by atomic mass is 10.1. The normalized spacial score (nSPS) is 20.8. The standard InChI is InChI=1S/C12H18N4O2S/c1-8(2)15-3-4-16(9(6-15)11(13)17)12(18)10-5-14-7-19-10/h5,7-9H,3-4,6H2,1-2H3,(H2,13,17)/t9-/m0/s1. The van der Waals surface area contributed by atoms with Gasteiger partial charge in [-0.15, -0.1) is 11.3 Å². The second-order valence-electron chi connectivity index (χ2n) is 4.87. The average molecular weight is 282 g/mol. The first-order chi connectivity index (χ1) is 9.00. The van der Waals surface area contributed by atoms with E-state index in [4.69, 9.17) is 5.73 Å². The van der Waals surface area contributed by atoms with Crippen molar-refractivity contribution in [1.82, 2.24) is 14.8 Å². The van der Waals surface area contributed by atoms with Crippen molar-refractivity contribution < 1.29 is 9.59 Å². The van der Waals surface area contributed by atoms with Gasteiger partial charge < -0.3 is 10.6 Å². The zero-order valence-corrected chi connectivity index (χ0v) is 11.9. The summed E-state index contributed by atoms with van der Waals surface area (Å²) in [5.74, 6) is -0.613. The Bertz CT molecular complexity index is 460. The third kappa shape index (κ3) is 2.93. The monoisotopic (exact) mass is 282 g/mol. The Labute approximate surface area is 116 Å². The Morgan fingerprint density at radius 2 is 2.21 bits per heavy atom. The molecule has 2 amide bonds. The Morgan fingerprint density at radius 3 is 2.74 bits per heavy atom. The van der Waals surface area contributed by atoms with Gasteiger partial charge in [0.05, 0.1) is 11.7 Å². The molecule has 0 bridgehead atoms. The summed E-state index contributed by atoms with van der Waals surface area (Å²) in [5, 5.41) is 0. The molecule has 0 radical (unpaired) electrons. The fraction of sp³-hybridized carbons (Fsp3) is 0.583. The Morgan fingerprint density at radius 1 is 1.47 bits per heavy atom. The first-order valence-electron chi connectivity index (χ1n) is 6.23. The molecule has 2 heterocycles. The smallest absolute Gasteiger partial charge is 0.266 e. The van der Waals surface area contributed by atoms with Crippen molar-refractivity contribution in [3.05, 3.63) is 16.6 Å². The minimum absolute atomic E-state index is 0.158. The van der Waals surface area contributed by atoms with Crippen LogP contribution < -0.4 is 5.73 Å². The Kier molecular flexibility index (Phi) is 4.16. The van der Waals surface area contributed by atoms with Crippen molar-refractivity contribution in [2.24, 2.45) is 5.73 Å². The van der Waals surface area contributed by atoms with Gasteiger partial charge in [-0.25, -0.2) is 0 Å². The third-order valence-electron chi connectivity index (χ3n) is 3.37. The van der Waals surface area contributed by atoms with Gasteiger partial charge in [0, 0.05) is 25.7 Å². The lowest BCUT2D eigenvalue weighted by Crippen LogP contribution is -2.60. The van der Waals surface area contributed by atoms with Crippen LogP contribution in [0.3, 0.4) is 0 Å². The van der Waals surface area contributed by atoms with Crippen LogP contribution in [0.1, 0.15) is 23.5 Å². The number of hydrogen-bond donors (Lipinski definition) is 1. The van der Waals surface area contributed by atoms with E-state index >= 15 is 0 Å². The minimum atomic E-state index is -0.564. The summed E-state index contributed by atoms with van der Waals surface area (Å²) >= 11 is 1.28. The summed E-state index contributed by atoms with van der Waals surface area (Å²) in [6.45, 7) is 5.91. The van der Waals surface area contributed by atoms with Gasteiger partial charge in [-0.3, -0.25) is 19.5 Å². The highest BCUT2D eigenvalue weighted by atomic mass is 32.1. The largest absolute Gasteiger partial charge is 0.368 e. The Hall–Kier alpha value is -1.47. The molecule has 1 aromatic heterocycles. The number of amides is 2. The number of thiazole rings is 1.